The Balaban J connectivity index is 1.46. The fourth-order valence-corrected chi connectivity index (χ4v) is 6.25. The normalized spacial score (nSPS) is 32.0. The smallest absolute Gasteiger partial charge is 0.308 e. The van der Waals surface area contributed by atoms with E-state index in [0.717, 1.165) is 23.8 Å². The Morgan fingerprint density at radius 1 is 1.21 bits per heavy atom. The minimum absolute atomic E-state index is 0.0144. The Morgan fingerprint density at radius 3 is 2.63 bits per heavy atom. The molecule has 2 saturated heterocycles. The number of hydrogen-bond donors (Lipinski definition) is 0. The first-order chi connectivity index (χ1) is 18.0. The molecule has 1 unspecified atom stereocenters. The van der Waals surface area contributed by atoms with Crippen LogP contribution in [0.3, 0.4) is 0 Å². The summed E-state index contributed by atoms with van der Waals surface area (Å²) in [5.74, 6) is 0.365. The molecule has 1 aromatic rings. The average Bonchev–Trinajstić information content (AvgIpc) is 2.86. The van der Waals surface area contributed by atoms with Crippen molar-refractivity contribution in [3.63, 3.8) is 0 Å². The zero-order valence-corrected chi connectivity index (χ0v) is 25.2. The Hall–Kier alpha value is -1.71. The van der Waals surface area contributed by atoms with Crippen LogP contribution in [-0.4, -0.2) is 70.5 Å². The summed E-state index contributed by atoms with van der Waals surface area (Å²) in [6.07, 6.45) is 3.43. The largest absolute Gasteiger partial charge is 0.497 e. The van der Waals surface area contributed by atoms with Crippen molar-refractivity contribution >= 4 is 14.0 Å². The van der Waals surface area contributed by atoms with Crippen molar-refractivity contribution in [3.05, 3.63) is 41.5 Å². The molecule has 0 saturated carbocycles. The van der Waals surface area contributed by atoms with Gasteiger partial charge in [0.2, 0.25) is 0 Å². The minimum Gasteiger partial charge on any atom is -0.497 e. The molecule has 212 valence electrons. The SMILES string of the molecule is COc1ccc(CO[C@@H]2C[C@]3(C)O[C@@H]4C(C)=CCO[C@H]4C[C@H]3O[C@H]2CC(C)C(=O)OCC[Si](C)(C)C)cc1. The van der Waals surface area contributed by atoms with Gasteiger partial charge >= 0.3 is 5.97 Å². The molecule has 7 nitrogen and oxygen atoms in total. The molecule has 0 aliphatic carbocycles. The summed E-state index contributed by atoms with van der Waals surface area (Å²) in [5.41, 5.74) is 1.77. The lowest BCUT2D eigenvalue weighted by Crippen LogP contribution is -2.63. The van der Waals surface area contributed by atoms with E-state index in [4.69, 9.17) is 28.4 Å². The van der Waals surface area contributed by atoms with Gasteiger partial charge in [-0.1, -0.05) is 44.8 Å². The van der Waals surface area contributed by atoms with Gasteiger partial charge in [0.15, 0.2) is 0 Å². The van der Waals surface area contributed by atoms with Gasteiger partial charge in [0.1, 0.15) is 11.9 Å². The molecule has 38 heavy (non-hydrogen) atoms. The van der Waals surface area contributed by atoms with Crippen molar-refractivity contribution in [1.82, 2.24) is 0 Å². The third-order valence-electron chi connectivity index (χ3n) is 8.09. The molecule has 4 rings (SSSR count). The van der Waals surface area contributed by atoms with Crippen LogP contribution in [0.15, 0.2) is 35.9 Å². The zero-order valence-electron chi connectivity index (χ0n) is 24.2. The third kappa shape index (κ3) is 7.27. The highest BCUT2D eigenvalue weighted by atomic mass is 28.3. The number of methoxy groups -OCH3 is 1. The Kier molecular flexibility index (Phi) is 9.41. The molecule has 3 aliphatic heterocycles. The third-order valence-corrected chi connectivity index (χ3v) is 9.80. The van der Waals surface area contributed by atoms with Gasteiger partial charge in [-0.05, 0) is 49.6 Å². The van der Waals surface area contributed by atoms with Gasteiger partial charge in [-0.3, -0.25) is 4.79 Å². The van der Waals surface area contributed by atoms with Crippen LogP contribution in [0.2, 0.25) is 25.7 Å². The quantitative estimate of drug-likeness (QED) is 0.217. The van der Waals surface area contributed by atoms with E-state index in [1.807, 2.05) is 31.2 Å². The van der Waals surface area contributed by atoms with Gasteiger partial charge < -0.3 is 28.4 Å². The highest BCUT2D eigenvalue weighted by molar-refractivity contribution is 6.76. The molecule has 0 radical (unpaired) electrons. The maximum Gasteiger partial charge on any atom is 0.308 e. The number of esters is 1. The van der Waals surface area contributed by atoms with Gasteiger partial charge in [-0.15, -0.1) is 0 Å². The van der Waals surface area contributed by atoms with Gasteiger partial charge in [0.25, 0.3) is 0 Å². The van der Waals surface area contributed by atoms with Crippen molar-refractivity contribution in [2.75, 3.05) is 20.3 Å². The van der Waals surface area contributed by atoms with Crippen molar-refractivity contribution in [2.45, 2.75) is 108 Å². The van der Waals surface area contributed by atoms with Crippen molar-refractivity contribution in [2.24, 2.45) is 5.92 Å². The zero-order chi connectivity index (χ0) is 27.5. The van der Waals surface area contributed by atoms with Gasteiger partial charge in [0.05, 0.1) is 62.9 Å². The van der Waals surface area contributed by atoms with E-state index in [2.05, 4.69) is 39.6 Å². The first-order valence-electron chi connectivity index (χ1n) is 14.0. The van der Waals surface area contributed by atoms with E-state index >= 15 is 0 Å². The van der Waals surface area contributed by atoms with E-state index < -0.39 is 13.7 Å². The molecular weight excluding hydrogens is 500 g/mol. The van der Waals surface area contributed by atoms with Crippen LogP contribution >= 0.6 is 0 Å². The van der Waals surface area contributed by atoms with Gasteiger partial charge in [-0.2, -0.15) is 0 Å². The maximum atomic E-state index is 12.9. The molecule has 1 aromatic carbocycles. The van der Waals surface area contributed by atoms with Crippen LogP contribution in [0.4, 0.5) is 0 Å². The van der Waals surface area contributed by atoms with Gasteiger partial charge in [-0.25, -0.2) is 0 Å². The van der Waals surface area contributed by atoms with Crippen LogP contribution in [0.25, 0.3) is 0 Å². The fourth-order valence-electron chi connectivity index (χ4n) is 5.54. The lowest BCUT2D eigenvalue weighted by atomic mass is 9.78. The van der Waals surface area contributed by atoms with E-state index in [1.165, 1.54) is 5.57 Å². The lowest BCUT2D eigenvalue weighted by molar-refractivity contribution is -0.292. The molecule has 3 aliphatic rings. The topological polar surface area (TPSA) is 72.5 Å². The molecule has 0 amide bonds. The molecule has 0 spiro atoms. The minimum atomic E-state index is -1.27. The summed E-state index contributed by atoms with van der Waals surface area (Å²) in [7, 11) is 0.391. The summed E-state index contributed by atoms with van der Waals surface area (Å²) in [6.45, 7) is 14.6. The summed E-state index contributed by atoms with van der Waals surface area (Å²) in [4.78, 5) is 12.9. The molecule has 0 N–H and O–H groups in total. The molecule has 3 heterocycles. The van der Waals surface area contributed by atoms with Crippen LogP contribution in [0.5, 0.6) is 5.75 Å². The predicted molar refractivity (Wildman–Crippen MR) is 149 cm³/mol. The highest BCUT2D eigenvalue weighted by Gasteiger charge is 2.54. The average molecular weight is 547 g/mol. The standard InChI is InChI=1S/C30H46O7Si/c1-20-12-13-33-25-17-27-30(3,37-28(20)25)18-26(35-19-22-8-10-23(32-4)11-9-22)24(36-27)16-21(2)29(31)34-14-15-38(5,6)7/h8-12,21,24-28H,13-19H2,1-7H3/t21?,24-,25-,26+,27+,28+,30-/m0/s1. The van der Waals surface area contributed by atoms with Crippen molar-refractivity contribution in [1.29, 1.82) is 0 Å². The molecule has 2 fully saturated rings. The summed E-state index contributed by atoms with van der Waals surface area (Å²) >= 11 is 0. The number of benzene rings is 1. The van der Waals surface area contributed by atoms with Gasteiger partial charge in [0, 0.05) is 20.9 Å². The lowest BCUT2D eigenvalue weighted by Gasteiger charge is -2.54. The van der Waals surface area contributed by atoms with Crippen LogP contribution < -0.4 is 4.74 Å². The highest BCUT2D eigenvalue weighted by Crippen LogP contribution is 2.45. The number of carbonyl (C=O) groups is 1. The number of fused-ring (bicyclic) bond motifs is 2. The summed E-state index contributed by atoms with van der Waals surface area (Å²) < 4.78 is 36.9. The van der Waals surface area contributed by atoms with Crippen LogP contribution in [-0.2, 0) is 35.1 Å². The van der Waals surface area contributed by atoms with Crippen LogP contribution in [0, 0.1) is 5.92 Å². The second kappa shape index (κ2) is 12.2. The van der Waals surface area contributed by atoms with Crippen molar-refractivity contribution in [3.8, 4) is 5.75 Å². The molecule has 8 heteroatoms. The summed E-state index contributed by atoms with van der Waals surface area (Å²) in [6, 6.07) is 8.86. The molecule has 0 aromatic heterocycles. The second-order valence-electron chi connectivity index (χ2n) is 12.6. The molecule has 0 bridgehead atoms. The number of rotatable bonds is 10. The first-order valence-corrected chi connectivity index (χ1v) is 17.7. The monoisotopic (exact) mass is 546 g/mol. The van der Waals surface area contributed by atoms with Crippen LogP contribution in [0.1, 0.15) is 45.6 Å². The maximum absolute atomic E-state index is 12.9. The molecular formula is C30H46O7Si. The van der Waals surface area contributed by atoms with E-state index in [-0.39, 0.29) is 42.4 Å². The Labute approximate surface area is 229 Å². The second-order valence-corrected chi connectivity index (χ2v) is 18.2. The Morgan fingerprint density at radius 2 is 1.95 bits per heavy atom. The van der Waals surface area contributed by atoms with Crippen molar-refractivity contribution < 1.29 is 33.2 Å². The first kappa shape index (κ1) is 29.3. The van der Waals surface area contributed by atoms with E-state index in [0.29, 0.717) is 32.7 Å². The van der Waals surface area contributed by atoms with E-state index in [9.17, 15) is 4.79 Å². The molecule has 7 atom stereocenters. The number of hydrogen-bond acceptors (Lipinski definition) is 7. The number of ether oxygens (including phenoxy) is 6. The Bertz CT molecular complexity index is 972. The summed E-state index contributed by atoms with van der Waals surface area (Å²) in [5, 5.41) is 0. The predicted octanol–water partition coefficient (Wildman–Crippen LogP) is 5.54. The fraction of sp³-hybridized carbons (Fsp3) is 0.700. The van der Waals surface area contributed by atoms with E-state index in [1.54, 1.807) is 7.11 Å². The number of carbonyl (C=O) groups excluding carboxylic acids is 1.